The van der Waals surface area contributed by atoms with Gasteiger partial charge in [-0.2, -0.15) is 0 Å². The van der Waals surface area contributed by atoms with E-state index in [4.69, 9.17) is 31.3 Å². The molecule has 4 unspecified atom stereocenters. The zero-order valence-corrected chi connectivity index (χ0v) is 6.28. The van der Waals surface area contributed by atoms with Gasteiger partial charge in [-0.3, -0.25) is 0 Å². The van der Waals surface area contributed by atoms with Crippen LogP contribution in [0.4, 0.5) is 0 Å². The average molecular weight is 179 g/mol. The van der Waals surface area contributed by atoms with Crippen LogP contribution in [0.5, 0.6) is 0 Å². The molecule has 72 valence electrons. The van der Waals surface area contributed by atoms with Crippen molar-refractivity contribution < 1.29 is 25.5 Å². The maximum atomic E-state index is 9.10. The molecule has 6 nitrogen and oxygen atoms in total. The Bertz CT molecular complexity index is 107. The third-order valence-corrected chi connectivity index (χ3v) is 2.19. The quantitative estimate of drug-likeness (QED) is 0.226. The summed E-state index contributed by atoms with van der Waals surface area (Å²) in [6.45, 7) is 0. The Hall–Kier alpha value is -0.240. The Labute approximate surface area is 68.9 Å². The van der Waals surface area contributed by atoms with Crippen molar-refractivity contribution in [2.45, 2.75) is 36.6 Å². The number of aliphatic hydroxyl groups excluding tert-OH is 5. The molecule has 0 bridgehead atoms. The normalized spacial score (nSPS) is 55.5. The monoisotopic (exact) mass is 179 g/mol. The molecule has 1 saturated carbocycles. The highest BCUT2D eigenvalue weighted by molar-refractivity contribution is 5.00. The topological polar surface area (TPSA) is 127 Å². The Morgan fingerprint density at radius 2 is 0.833 bits per heavy atom. The highest BCUT2D eigenvalue weighted by atomic mass is 16.4. The van der Waals surface area contributed by atoms with Gasteiger partial charge in [0.25, 0.3) is 0 Å². The third-order valence-electron chi connectivity index (χ3n) is 2.19. The second-order valence-electron chi connectivity index (χ2n) is 3.03. The van der Waals surface area contributed by atoms with E-state index in [0.29, 0.717) is 0 Å². The molecule has 0 amide bonds. The molecule has 0 aromatic rings. The van der Waals surface area contributed by atoms with Crippen molar-refractivity contribution in [1.29, 1.82) is 0 Å². The molecule has 1 rings (SSSR count). The van der Waals surface area contributed by atoms with Crippen LogP contribution in [-0.4, -0.2) is 62.1 Å². The van der Waals surface area contributed by atoms with Gasteiger partial charge in [-0.25, -0.2) is 0 Å². The molecule has 0 radical (unpaired) electrons. The molecule has 0 spiro atoms. The predicted octanol–water partition coefficient (Wildman–Crippen LogP) is -3.87. The van der Waals surface area contributed by atoms with Crippen molar-refractivity contribution in [3.63, 3.8) is 0 Å². The lowest BCUT2D eigenvalue weighted by molar-refractivity contribution is -0.184. The summed E-state index contributed by atoms with van der Waals surface area (Å²) in [6, 6.07) is -1.14. The molecule has 1 aliphatic rings. The summed E-state index contributed by atoms with van der Waals surface area (Å²) < 4.78 is 0. The van der Waals surface area contributed by atoms with Gasteiger partial charge in [-0.15, -0.1) is 0 Å². The van der Waals surface area contributed by atoms with Gasteiger partial charge in [-0.05, 0) is 0 Å². The summed E-state index contributed by atoms with van der Waals surface area (Å²) in [5, 5.41) is 45.3. The maximum absolute atomic E-state index is 9.10. The molecule has 1 fully saturated rings. The summed E-state index contributed by atoms with van der Waals surface area (Å²) in [7, 11) is 0. The van der Waals surface area contributed by atoms with Gasteiger partial charge in [-0.1, -0.05) is 0 Å². The summed E-state index contributed by atoms with van der Waals surface area (Å²) in [6.07, 6.45) is -7.43. The Morgan fingerprint density at radius 1 is 0.583 bits per heavy atom. The second-order valence-corrected chi connectivity index (χ2v) is 3.03. The molecule has 0 aromatic carbocycles. The van der Waals surface area contributed by atoms with Gasteiger partial charge in [0.15, 0.2) is 0 Å². The first-order chi connectivity index (χ1) is 5.46. The van der Waals surface area contributed by atoms with E-state index < -0.39 is 36.6 Å². The number of hydrogen-bond donors (Lipinski definition) is 6. The van der Waals surface area contributed by atoms with Crippen molar-refractivity contribution in [1.82, 2.24) is 0 Å². The van der Waals surface area contributed by atoms with Crippen LogP contribution in [0.2, 0.25) is 0 Å². The van der Waals surface area contributed by atoms with Crippen LogP contribution in [0.3, 0.4) is 0 Å². The first-order valence-electron chi connectivity index (χ1n) is 3.62. The van der Waals surface area contributed by atoms with E-state index in [1.165, 1.54) is 0 Å². The Kier molecular flexibility index (Phi) is 2.67. The maximum Gasteiger partial charge on any atom is 0.111 e. The molecule has 0 heterocycles. The molecule has 0 aliphatic heterocycles. The van der Waals surface area contributed by atoms with Crippen LogP contribution in [0.1, 0.15) is 0 Å². The summed E-state index contributed by atoms with van der Waals surface area (Å²) in [4.78, 5) is 0. The van der Waals surface area contributed by atoms with Gasteiger partial charge >= 0.3 is 0 Å². The second kappa shape index (κ2) is 3.25. The predicted molar refractivity (Wildman–Crippen MR) is 38.0 cm³/mol. The number of nitrogens with two attached hydrogens (primary N) is 1. The van der Waals surface area contributed by atoms with Crippen molar-refractivity contribution in [2.75, 3.05) is 0 Å². The minimum absolute atomic E-state index is 1.14. The summed E-state index contributed by atoms with van der Waals surface area (Å²) >= 11 is 0. The van der Waals surface area contributed by atoms with E-state index in [1.54, 1.807) is 0 Å². The van der Waals surface area contributed by atoms with Crippen molar-refractivity contribution in [3.05, 3.63) is 0 Å². The minimum Gasteiger partial charge on any atom is -0.389 e. The molecule has 0 saturated heterocycles. The van der Waals surface area contributed by atoms with Crippen molar-refractivity contribution in [2.24, 2.45) is 5.73 Å². The molecule has 0 aromatic heterocycles. The highest BCUT2D eigenvalue weighted by Gasteiger charge is 2.46. The first kappa shape index (κ1) is 9.85. The van der Waals surface area contributed by atoms with E-state index >= 15 is 0 Å². The standard InChI is InChI=1S/C6H13NO5/c7-1-2(8)4(10)6(12)5(11)3(1)9/h1-6,8-12H,7H2/t1?,2-,3?,4-,5?,6?/m0/s1. The molecular weight excluding hydrogens is 166 g/mol. The fourth-order valence-electron chi connectivity index (χ4n) is 1.26. The van der Waals surface area contributed by atoms with Gasteiger partial charge in [0.05, 0.1) is 6.04 Å². The lowest BCUT2D eigenvalue weighted by Crippen LogP contribution is -2.66. The fraction of sp³-hybridized carbons (Fsp3) is 1.00. The summed E-state index contributed by atoms with van der Waals surface area (Å²) in [5.74, 6) is 0. The largest absolute Gasteiger partial charge is 0.389 e. The zero-order chi connectivity index (χ0) is 9.46. The zero-order valence-electron chi connectivity index (χ0n) is 6.28. The molecule has 7 N–H and O–H groups in total. The van der Waals surface area contributed by atoms with Crippen LogP contribution in [-0.2, 0) is 0 Å². The minimum atomic E-state index is -1.56. The molecule has 1 aliphatic carbocycles. The van der Waals surface area contributed by atoms with Gasteiger partial charge in [0.1, 0.15) is 30.5 Å². The average Bonchev–Trinajstić information content (AvgIpc) is 2.08. The highest BCUT2D eigenvalue weighted by Crippen LogP contribution is 2.19. The SMILES string of the molecule is NC1C(O)C(O)C(O)[C@@H](O)[C@H]1O. The van der Waals surface area contributed by atoms with Gasteiger partial charge < -0.3 is 31.3 Å². The first-order valence-corrected chi connectivity index (χ1v) is 3.62. The van der Waals surface area contributed by atoms with E-state index in [9.17, 15) is 0 Å². The molecule has 12 heavy (non-hydrogen) atoms. The summed E-state index contributed by atoms with van der Waals surface area (Å²) in [5.41, 5.74) is 5.23. The fourth-order valence-corrected chi connectivity index (χ4v) is 1.26. The van der Waals surface area contributed by atoms with E-state index in [-0.39, 0.29) is 0 Å². The lowest BCUT2D eigenvalue weighted by Gasteiger charge is -2.40. The van der Waals surface area contributed by atoms with Crippen LogP contribution in [0.15, 0.2) is 0 Å². The lowest BCUT2D eigenvalue weighted by atomic mass is 9.84. The van der Waals surface area contributed by atoms with Gasteiger partial charge in [0.2, 0.25) is 0 Å². The molecular formula is C6H13NO5. The van der Waals surface area contributed by atoms with E-state index in [1.807, 2.05) is 0 Å². The van der Waals surface area contributed by atoms with E-state index in [2.05, 4.69) is 0 Å². The van der Waals surface area contributed by atoms with Crippen LogP contribution < -0.4 is 5.73 Å². The van der Waals surface area contributed by atoms with Crippen LogP contribution in [0, 0.1) is 0 Å². The number of aliphatic hydroxyl groups is 5. The third kappa shape index (κ3) is 1.33. The van der Waals surface area contributed by atoms with E-state index in [0.717, 1.165) is 0 Å². The van der Waals surface area contributed by atoms with Crippen molar-refractivity contribution >= 4 is 0 Å². The van der Waals surface area contributed by atoms with Crippen LogP contribution in [0.25, 0.3) is 0 Å². The molecule has 6 atom stereocenters. The Balaban J connectivity index is 2.76. The van der Waals surface area contributed by atoms with Crippen molar-refractivity contribution in [3.8, 4) is 0 Å². The smallest absolute Gasteiger partial charge is 0.111 e. The number of rotatable bonds is 0. The Morgan fingerprint density at radius 3 is 1.17 bits per heavy atom. The van der Waals surface area contributed by atoms with Crippen LogP contribution >= 0.6 is 0 Å². The molecule has 6 heteroatoms. The van der Waals surface area contributed by atoms with Gasteiger partial charge in [0, 0.05) is 0 Å². The number of hydrogen-bond acceptors (Lipinski definition) is 6.